The van der Waals surface area contributed by atoms with Crippen molar-refractivity contribution >= 4 is 5.97 Å². The minimum Gasteiger partial charge on any atom is -0.480 e. The van der Waals surface area contributed by atoms with Gasteiger partial charge in [-0.05, 0) is 19.4 Å². The van der Waals surface area contributed by atoms with Crippen LogP contribution in [-0.2, 0) is 4.79 Å². The van der Waals surface area contributed by atoms with Gasteiger partial charge in [0.05, 0.1) is 0 Å². The molecule has 0 saturated heterocycles. The Balaban J connectivity index is 3.21. The van der Waals surface area contributed by atoms with E-state index in [1.807, 2.05) is 0 Å². The number of carboxylic acid groups (broad SMARTS) is 1. The largest absolute Gasteiger partial charge is 0.480 e. The molecule has 60 valence electrons. The molecular formula is C6H14N2O2. The van der Waals surface area contributed by atoms with Crippen molar-refractivity contribution in [2.75, 3.05) is 6.54 Å². The van der Waals surface area contributed by atoms with Crippen molar-refractivity contribution in [3.05, 3.63) is 0 Å². The van der Waals surface area contributed by atoms with Crippen molar-refractivity contribution in [1.82, 2.24) is 0 Å². The van der Waals surface area contributed by atoms with E-state index in [9.17, 15) is 4.79 Å². The second kappa shape index (κ2) is 5.20. The summed E-state index contributed by atoms with van der Waals surface area (Å²) in [7, 11) is 0. The summed E-state index contributed by atoms with van der Waals surface area (Å²) in [5, 5.41) is 8.33. The van der Waals surface area contributed by atoms with Crippen LogP contribution >= 0.6 is 0 Å². The molecule has 0 fully saturated rings. The SMILES string of the molecule is N[14CH2][14CH2][14CH2][14CH2][14CH](N)[14C](=O)O. The van der Waals surface area contributed by atoms with Gasteiger partial charge in [0.25, 0.3) is 0 Å². The molecule has 1 unspecified atom stereocenters. The molecule has 4 heteroatoms. The summed E-state index contributed by atoms with van der Waals surface area (Å²) in [4.78, 5) is 10.1. The number of aliphatic carboxylic acids is 1. The van der Waals surface area contributed by atoms with Crippen LogP contribution in [-0.4, -0.2) is 23.7 Å². The van der Waals surface area contributed by atoms with Gasteiger partial charge in [0.1, 0.15) is 6.04 Å². The molecule has 0 aromatic carbocycles. The first-order chi connectivity index (χ1) is 4.68. The maximum absolute atomic E-state index is 10.1. The van der Waals surface area contributed by atoms with Gasteiger partial charge in [-0.2, -0.15) is 0 Å². The van der Waals surface area contributed by atoms with Crippen LogP contribution in [0.4, 0.5) is 0 Å². The normalized spacial score (nSPS) is 13.0. The Kier molecular flexibility index (Phi) is 4.88. The molecule has 0 radical (unpaired) electrons. The minimum atomic E-state index is -0.933. The van der Waals surface area contributed by atoms with Crippen LogP contribution in [0.15, 0.2) is 0 Å². The first-order valence-corrected chi connectivity index (χ1v) is 3.37. The van der Waals surface area contributed by atoms with E-state index in [-0.39, 0.29) is 0 Å². The number of carbonyl (C=O) groups is 1. The van der Waals surface area contributed by atoms with Gasteiger partial charge < -0.3 is 16.6 Å². The molecule has 0 saturated carbocycles. The predicted molar refractivity (Wildman–Crippen MR) is 38.5 cm³/mol. The zero-order valence-corrected chi connectivity index (χ0v) is 5.92. The molecule has 0 spiro atoms. The lowest BCUT2D eigenvalue weighted by Crippen LogP contribution is -2.29. The van der Waals surface area contributed by atoms with Crippen molar-refractivity contribution in [3.63, 3.8) is 0 Å². The van der Waals surface area contributed by atoms with Crippen molar-refractivity contribution in [1.29, 1.82) is 0 Å². The fourth-order valence-electron chi connectivity index (χ4n) is 0.632. The van der Waals surface area contributed by atoms with E-state index in [1.165, 1.54) is 0 Å². The molecule has 0 rings (SSSR count). The molecule has 0 aliphatic carbocycles. The lowest BCUT2D eigenvalue weighted by atomic mass is 12.0. The highest BCUT2D eigenvalue weighted by molar-refractivity contribution is 5.72. The van der Waals surface area contributed by atoms with E-state index in [4.69, 9.17) is 16.6 Å². The molecule has 0 amide bonds. The Bertz CT molecular complexity index is 106. The number of hydrogen-bond donors (Lipinski definition) is 3. The Hall–Kier alpha value is -0.610. The number of nitrogens with two attached hydrogens (primary N) is 2. The average Bonchev–Trinajstić information content (AvgIpc) is 1.88. The molecule has 0 aliphatic heterocycles. The number of hydrogen-bond acceptors (Lipinski definition) is 3. The predicted octanol–water partition coefficient (Wildman–Crippen LogP) is -0.473. The minimum absolute atomic E-state index is 0.520. The van der Waals surface area contributed by atoms with Gasteiger partial charge in [0.2, 0.25) is 0 Å². The van der Waals surface area contributed by atoms with Gasteiger partial charge in [-0.1, -0.05) is 6.42 Å². The smallest absolute Gasteiger partial charge is 0.320 e. The van der Waals surface area contributed by atoms with Gasteiger partial charge in [0, 0.05) is 0 Å². The Morgan fingerprint density at radius 3 is 2.50 bits per heavy atom. The van der Waals surface area contributed by atoms with Crippen molar-refractivity contribution < 1.29 is 9.90 Å². The third kappa shape index (κ3) is 4.29. The second-order valence-electron chi connectivity index (χ2n) is 2.23. The van der Waals surface area contributed by atoms with Crippen LogP contribution < -0.4 is 11.5 Å². The second-order valence-corrected chi connectivity index (χ2v) is 2.23. The summed E-state index contributed by atoms with van der Waals surface area (Å²) in [6, 6.07) is -0.716. The van der Waals surface area contributed by atoms with Gasteiger partial charge in [-0.3, -0.25) is 4.79 Å². The Morgan fingerprint density at radius 1 is 1.50 bits per heavy atom. The molecule has 4 nitrogen and oxygen atoms in total. The number of carboxylic acids is 1. The van der Waals surface area contributed by atoms with Gasteiger partial charge in [-0.15, -0.1) is 0 Å². The first kappa shape index (κ1) is 9.39. The monoisotopic (exact) mass is 158 g/mol. The maximum Gasteiger partial charge on any atom is 0.320 e. The van der Waals surface area contributed by atoms with Crippen LogP contribution in [0.25, 0.3) is 0 Å². The zero-order valence-electron chi connectivity index (χ0n) is 5.92. The zero-order chi connectivity index (χ0) is 7.98. The van der Waals surface area contributed by atoms with Gasteiger partial charge in [-0.25, -0.2) is 0 Å². The van der Waals surface area contributed by atoms with Gasteiger partial charge >= 0.3 is 5.97 Å². The summed E-state index contributed by atoms with van der Waals surface area (Å²) in [6.07, 6.45) is 2.16. The lowest BCUT2D eigenvalue weighted by Gasteiger charge is -2.03. The molecule has 5 N–H and O–H groups in total. The van der Waals surface area contributed by atoms with Crippen molar-refractivity contribution in [3.8, 4) is 0 Å². The average molecular weight is 158 g/mol. The topological polar surface area (TPSA) is 89.3 Å². The quantitative estimate of drug-likeness (QED) is 0.472. The molecular weight excluding hydrogens is 144 g/mol. The Labute approximate surface area is 60.2 Å². The van der Waals surface area contributed by atoms with E-state index in [0.717, 1.165) is 12.8 Å². The number of unbranched alkanes of at least 4 members (excludes halogenated alkanes) is 1. The van der Waals surface area contributed by atoms with Crippen molar-refractivity contribution in [2.45, 2.75) is 25.3 Å². The summed E-state index contributed by atoms with van der Waals surface area (Å²) in [6.45, 7) is 0.604. The van der Waals surface area contributed by atoms with Crippen LogP contribution in [0.1, 0.15) is 19.3 Å². The molecule has 0 heterocycles. The summed E-state index contributed by atoms with van der Waals surface area (Å²) >= 11 is 0. The van der Waals surface area contributed by atoms with Crippen LogP contribution in [0.3, 0.4) is 0 Å². The molecule has 0 aliphatic rings. The number of rotatable bonds is 5. The van der Waals surface area contributed by atoms with Crippen LogP contribution in [0.5, 0.6) is 0 Å². The fraction of sp³-hybridized carbons (Fsp3) is 0.833. The highest BCUT2D eigenvalue weighted by Crippen LogP contribution is 1.96. The third-order valence-electron chi connectivity index (χ3n) is 1.29. The molecule has 10 heavy (non-hydrogen) atoms. The fourth-order valence-corrected chi connectivity index (χ4v) is 0.632. The summed E-state index contributed by atoms with van der Waals surface area (Å²) in [5.41, 5.74) is 10.4. The summed E-state index contributed by atoms with van der Waals surface area (Å²) < 4.78 is 0. The van der Waals surface area contributed by atoms with Crippen LogP contribution in [0.2, 0.25) is 0 Å². The van der Waals surface area contributed by atoms with E-state index >= 15 is 0 Å². The van der Waals surface area contributed by atoms with E-state index in [2.05, 4.69) is 0 Å². The first-order valence-electron chi connectivity index (χ1n) is 3.37. The molecule has 0 aromatic heterocycles. The molecule has 1 atom stereocenters. The standard InChI is InChI=1S/C6H14N2O2/c7-4-2-1-3-5(8)6(9)10/h5H,1-4,7-8H2,(H,9,10)/i1+2,2+2,3+2,4+2,5+2,6+2. The highest BCUT2D eigenvalue weighted by Gasteiger charge is 2.09. The van der Waals surface area contributed by atoms with Gasteiger partial charge in [0.15, 0.2) is 0 Å². The third-order valence-corrected chi connectivity index (χ3v) is 1.29. The highest BCUT2D eigenvalue weighted by atomic mass is 16.7. The van der Waals surface area contributed by atoms with E-state index < -0.39 is 12.0 Å². The molecule has 0 bridgehead atoms. The molecule has 0 aromatic rings. The van der Waals surface area contributed by atoms with E-state index in [1.54, 1.807) is 0 Å². The Morgan fingerprint density at radius 2 is 2.10 bits per heavy atom. The lowest BCUT2D eigenvalue weighted by molar-refractivity contribution is -0.138. The van der Waals surface area contributed by atoms with Crippen molar-refractivity contribution in [2.24, 2.45) is 11.5 Å². The maximum atomic E-state index is 10.1. The van der Waals surface area contributed by atoms with E-state index in [0.29, 0.717) is 13.0 Å². The van der Waals surface area contributed by atoms with Crippen LogP contribution in [0, 0.1) is 0 Å². The summed E-state index contributed by atoms with van der Waals surface area (Å²) in [5.74, 6) is -0.933.